The Bertz CT molecular complexity index is 797. The van der Waals surface area contributed by atoms with Gasteiger partial charge in [0.15, 0.2) is 0 Å². The molecule has 2 aromatic rings. The van der Waals surface area contributed by atoms with E-state index in [1.807, 2.05) is 13.2 Å². The van der Waals surface area contributed by atoms with Crippen molar-refractivity contribution in [3.63, 3.8) is 0 Å². The Morgan fingerprint density at radius 2 is 2.20 bits per heavy atom. The van der Waals surface area contributed by atoms with E-state index < -0.39 is 0 Å². The average molecular weight is 338 g/mol. The summed E-state index contributed by atoms with van der Waals surface area (Å²) < 4.78 is 1.80. The van der Waals surface area contributed by atoms with Crippen LogP contribution in [0.25, 0.3) is 0 Å². The van der Waals surface area contributed by atoms with Gasteiger partial charge in [0.2, 0.25) is 0 Å². The number of amides is 2. The number of rotatable bonds is 5. The van der Waals surface area contributed by atoms with Crippen molar-refractivity contribution in [1.29, 1.82) is 0 Å². The maximum absolute atomic E-state index is 12.2. The zero-order chi connectivity index (χ0) is 17.4. The van der Waals surface area contributed by atoms with Gasteiger partial charge in [0.25, 0.3) is 0 Å². The van der Waals surface area contributed by atoms with Crippen LogP contribution in [0.3, 0.4) is 0 Å². The molecule has 1 aromatic heterocycles. The number of urea groups is 1. The summed E-state index contributed by atoms with van der Waals surface area (Å²) in [5.74, 6) is 0.575. The first-order chi connectivity index (χ1) is 12.1. The number of nitrogens with zero attached hydrogens (tertiary/aromatic N) is 2. The van der Waals surface area contributed by atoms with Gasteiger partial charge < -0.3 is 10.6 Å². The van der Waals surface area contributed by atoms with Gasteiger partial charge in [-0.2, -0.15) is 5.10 Å². The second-order valence-corrected chi connectivity index (χ2v) is 7.41. The molecule has 2 aliphatic carbocycles. The summed E-state index contributed by atoms with van der Waals surface area (Å²) in [4.78, 5) is 12.2. The number of benzene rings is 1. The van der Waals surface area contributed by atoms with Crippen LogP contribution in [0.4, 0.5) is 4.79 Å². The first kappa shape index (κ1) is 16.2. The molecule has 2 N–H and O–H groups in total. The molecule has 2 atom stereocenters. The van der Waals surface area contributed by atoms with E-state index >= 15 is 0 Å². The van der Waals surface area contributed by atoms with Crippen molar-refractivity contribution in [3.8, 4) is 0 Å². The van der Waals surface area contributed by atoms with Crippen molar-refractivity contribution in [1.82, 2.24) is 20.4 Å². The third kappa shape index (κ3) is 2.92. The molecule has 2 aliphatic rings. The van der Waals surface area contributed by atoms with Gasteiger partial charge in [-0.15, -0.1) is 0 Å². The number of nitrogens with one attached hydrogen (secondary N) is 2. The van der Waals surface area contributed by atoms with E-state index in [1.54, 1.807) is 4.68 Å². The van der Waals surface area contributed by atoms with Gasteiger partial charge in [-0.25, -0.2) is 4.79 Å². The average Bonchev–Trinajstić information content (AvgIpc) is 3.01. The van der Waals surface area contributed by atoms with E-state index in [1.165, 1.54) is 30.4 Å². The summed E-state index contributed by atoms with van der Waals surface area (Å²) in [6.07, 6.45) is 6.47. The molecule has 5 nitrogen and oxygen atoms in total. The molecule has 0 saturated heterocycles. The summed E-state index contributed by atoms with van der Waals surface area (Å²) in [6.45, 7) is 3.37. The molecule has 1 aromatic carbocycles. The molecule has 0 aliphatic heterocycles. The van der Waals surface area contributed by atoms with Crippen molar-refractivity contribution in [2.75, 3.05) is 6.54 Å². The Morgan fingerprint density at radius 3 is 3.04 bits per heavy atom. The van der Waals surface area contributed by atoms with Gasteiger partial charge in [0, 0.05) is 37.3 Å². The highest BCUT2D eigenvalue weighted by atomic mass is 16.2. The number of fused-ring (bicyclic) bond motifs is 2. The molecule has 4 rings (SSSR count). The van der Waals surface area contributed by atoms with Crippen molar-refractivity contribution in [3.05, 3.63) is 52.8 Å². The van der Waals surface area contributed by atoms with Gasteiger partial charge in [-0.05, 0) is 42.7 Å². The highest BCUT2D eigenvalue weighted by molar-refractivity contribution is 5.74. The number of hydrogen-bond acceptors (Lipinski definition) is 2. The Kier molecular flexibility index (Phi) is 4.02. The lowest BCUT2D eigenvalue weighted by Crippen LogP contribution is -2.37. The fourth-order valence-corrected chi connectivity index (χ4v) is 4.48. The molecule has 1 heterocycles. The van der Waals surface area contributed by atoms with Crippen LogP contribution in [0.1, 0.15) is 42.1 Å². The minimum absolute atomic E-state index is 0.0840. The first-order valence-electron chi connectivity index (χ1n) is 9.24. The smallest absolute Gasteiger partial charge is 0.315 e. The van der Waals surface area contributed by atoms with Crippen molar-refractivity contribution in [2.45, 2.75) is 44.6 Å². The molecule has 2 amide bonds. The summed E-state index contributed by atoms with van der Waals surface area (Å²) in [5.41, 5.74) is 5.49. The Labute approximate surface area is 148 Å². The molecular weight excluding hydrogens is 312 g/mol. The molecule has 5 heteroatoms. The molecule has 1 fully saturated rings. The van der Waals surface area contributed by atoms with Crippen LogP contribution in [-0.4, -0.2) is 22.4 Å². The van der Waals surface area contributed by atoms with Crippen LogP contribution in [0.15, 0.2) is 30.5 Å². The van der Waals surface area contributed by atoms with Crippen LogP contribution in [0.5, 0.6) is 0 Å². The zero-order valence-corrected chi connectivity index (χ0v) is 15.0. The highest BCUT2D eigenvalue weighted by Crippen LogP contribution is 2.61. The van der Waals surface area contributed by atoms with Crippen LogP contribution >= 0.6 is 0 Å². The monoisotopic (exact) mass is 338 g/mol. The van der Waals surface area contributed by atoms with Crippen LogP contribution in [0.2, 0.25) is 0 Å². The lowest BCUT2D eigenvalue weighted by molar-refractivity contribution is 0.239. The summed E-state index contributed by atoms with van der Waals surface area (Å²) in [6, 6.07) is 8.71. The highest BCUT2D eigenvalue weighted by Gasteiger charge is 2.57. The van der Waals surface area contributed by atoms with Crippen LogP contribution in [0, 0.1) is 5.92 Å². The predicted molar refractivity (Wildman–Crippen MR) is 97.4 cm³/mol. The van der Waals surface area contributed by atoms with E-state index in [9.17, 15) is 4.79 Å². The lowest BCUT2D eigenvalue weighted by atomic mass is 9.95. The van der Waals surface area contributed by atoms with Gasteiger partial charge in [0.1, 0.15) is 0 Å². The third-order valence-electron chi connectivity index (χ3n) is 5.90. The largest absolute Gasteiger partial charge is 0.338 e. The lowest BCUT2D eigenvalue weighted by Gasteiger charge is -2.12. The first-order valence-corrected chi connectivity index (χ1v) is 9.24. The topological polar surface area (TPSA) is 59.0 Å². The third-order valence-corrected chi connectivity index (χ3v) is 5.90. The van der Waals surface area contributed by atoms with E-state index in [0.717, 1.165) is 24.2 Å². The standard InChI is InChI=1S/C20H26N4O/c1-3-18-15(13-24(2)23-18)11-21-19(25)22-12-16-10-20(16)9-8-14-6-4-5-7-17(14)20/h4-7,13,16H,3,8-12H2,1-2H3,(H2,21,22,25)/t16-,20-/m0/s1. The number of aromatic nitrogens is 2. The Balaban J connectivity index is 1.28. The number of aryl methyl sites for hydroxylation is 3. The van der Waals surface area contributed by atoms with Crippen LogP contribution < -0.4 is 10.6 Å². The molecule has 1 spiro atoms. The van der Waals surface area contributed by atoms with Crippen molar-refractivity contribution < 1.29 is 4.79 Å². The van der Waals surface area contributed by atoms with Crippen molar-refractivity contribution >= 4 is 6.03 Å². The fourth-order valence-electron chi connectivity index (χ4n) is 4.48. The molecule has 25 heavy (non-hydrogen) atoms. The molecule has 0 unspecified atom stereocenters. The number of hydrogen-bond donors (Lipinski definition) is 2. The van der Waals surface area contributed by atoms with Gasteiger partial charge in [0.05, 0.1) is 5.69 Å². The molecular formula is C20H26N4O. The van der Waals surface area contributed by atoms with E-state index in [-0.39, 0.29) is 6.03 Å². The quantitative estimate of drug-likeness (QED) is 0.880. The maximum atomic E-state index is 12.2. The van der Waals surface area contributed by atoms with Gasteiger partial charge >= 0.3 is 6.03 Å². The molecule has 132 valence electrons. The predicted octanol–water partition coefficient (Wildman–Crippen LogP) is 2.69. The van der Waals surface area contributed by atoms with E-state index in [4.69, 9.17) is 0 Å². The zero-order valence-electron chi connectivity index (χ0n) is 15.0. The Morgan fingerprint density at radius 1 is 1.36 bits per heavy atom. The van der Waals surface area contributed by atoms with Crippen LogP contribution in [-0.2, 0) is 31.8 Å². The SMILES string of the molecule is CCc1nn(C)cc1CNC(=O)NC[C@@H]1C[C@@]12CCc1ccccc12. The molecule has 0 radical (unpaired) electrons. The van der Waals surface area contributed by atoms with Gasteiger partial charge in [-0.1, -0.05) is 31.2 Å². The minimum atomic E-state index is -0.0840. The van der Waals surface area contributed by atoms with E-state index in [0.29, 0.717) is 17.9 Å². The van der Waals surface area contributed by atoms with Crippen molar-refractivity contribution in [2.24, 2.45) is 13.0 Å². The fraction of sp³-hybridized carbons (Fsp3) is 0.500. The second kappa shape index (κ2) is 6.21. The summed E-state index contributed by atoms with van der Waals surface area (Å²) >= 11 is 0. The molecule has 0 bridgehead atoms. The number of carbonyl (C=O) groups excluding carboxylic acids is 1. The second-order valence-electron chi connectivity index (χ2n) is 7.41. The number of carbonyl (C=O) groups is 1. The normalized spacial score (nSPS) is 23.5. The summed E-state index contributed by atoms with van der Waals surface area (Å²) in [7, 11) is 1.91. The Hall–Kier alpha value is -2.30. The summed E-state index contributed by atoms with van der Waals surface area (Å²) in [5, 5.41) is 10.4. The minimum Gasteiger partial charge on any atom is -0.338 e. The van der Waals surface area contributed by atoms with Gasteiger partial charge in [-0.3, -0.25) is 4.68 Å². The van der Waals surface area contributed by atoms with E-state index in [2.05, 4.69) is 46.9 Å². The maximum Gasteiger partial charge on any atom is 0.315 e. The molecule has 1 saturated carbocycles.